The summed E-state index contributed by atoms with van der Waals surface area (Å²) in [6.07, 6.45) is 1.53. The van der Waals surface area contributed by atoms with Crippen molar-refractivity contribution in [1.29, 1.82) is 0 Å². The normalized spacial score (nSPS) is 10.2. The van der Waals surface area contributed by atoms with Crippen LogP contribution in [0.15, 0.2) is 42.6 Å². The van der Waals surface area contributed by atoms with Crippen LogP contribution in [0.25, 0.3) is 0 Å². The van der Waals surface area contributed by atoms with Gasteiger partial charge in [-0.3, -0.25) is 0 Å². The molecule has 0 unspecified atom stereocenters. The van der Waals surface area contributed by atoms with Crippen molar-refractivity contribution in [3.8, 4) is 0 Å². The van der Waals surface area contributed by atoms with Gasteiger partial charge in [-0.05, 0) is 43.7 Å². The highest BCUT2D eigenvalue weighted by atomic mass is 16.4. The first kappa shape index (κ1) is 13.1. The van der Waals surface area contributed by atoms with Crippen LogP contribution < -0.4 is 4.90 Å². The maximum absolute atomic E-state index is 11.0. The van der Waals surface area contributed by atoms with E-state index in [1.54, 1.807) is 6.07 Å². The highest BCUT2D eigenvalue weighted by Crippen LogP contribution is 2.25. The number of nitrogens with zero attached hydrogens (tertiary/aromatic N) is 2. The first-order valence-electron chi connectivity index (χ1n) is 6.15. The van der Waals surface area contributed by atoms with Gasteiger partial charge >= 0.3 is 5.97 Å². The molecule has 1 N–H and O–H groups in total. The van der Waals surface area contributed by atoms with Crippen LogP contribution in [0.5, 0.6) is 0 Å². The van der Waals surface area contributed by atoms with Crippen molar-refractivity contribution in [3.63, 3.8) is 0 Å². The third-order valence-corrected chi connectivity index (χ3v) is 2.90. The Hall–Kier alpha value is -2.36. The molecule has 0 spiro atoms. The third kappa shape index (κ3) is 2.91. The van der Waals surface area contributed by atoms with Gasteiger partial charge < -0.3 is 10.0 Å². The number of hydrogen-bond acceptors (Lipinski definition) is 3. The monoisotopic (exact) mass is 256 g/mol. The molecule has 0 saturated heterocycles. The SMILES string of the molecule is CCN(c1cccc(C)c1)c1ccnc(C(=O)O)c1. The van der Waals surface area contributed by atoms with Crippen LogP contribution in [0.2, 0.25) is 0 Å². The summed E-state index contributed by atoms with van der Waals surface area (Å²) in [5.41, 5.74) is 3.11. The molecule has 1 aromatic carbocycles. The summed E-state index contributed by atoms with van der Waals surface area (Å²) < 4.78 is 0. The van der Waals surface area contributed by atoms with Crippen LogP contribution >= 0.6 is 0 Å². The number of aryl methyl sites for hydroxylation is 1. The molecule has 0 amide bonds. The van der Waals surface area contributed by atoms with Crippen molar-refractivity contribution in [3.05, 3.63) is 53.9 Å². The van der Waals surface area contributed by atoms with Crippen molar-refractivity contribution in [2.75, 3.05) is 11.4 Å². The fourth-order valence-electron chi connectivity index (χ4n) is 2.01. The van der Waals surface area contributed by atoms with Crippen molar-refractivity contribution < 1.29 is 9.90 Å². The molecule has 0 bridgehead atoms. The van der Waals surface area contributed by atoms with E-state index in [0.717, 1.165) is 17.9 Å². The fraction of sp³-hybridized carbons (Fsp3) is 0.200. The number of rotatable bonds is 4. The maximum atomic E-state index is 11.0. The van der Waals surface area contributed by atoms with Gasteiger partial charge in [-0.2, -0.15) is 0 Å². The number of benzene rings is 1. The largest absolute Gasteiger partial charge is 0.477 e. The van der Waals surface area contributed by atoms with E-state index in [2.05, 4.69) is 16.0 Å². The smallest absolute Gasteiger partial charge is 0.354 e. The Bertz CT molecular complexity index is 596. The van der Waals surface area contributed by atoms with Crippen LogP contribution in [0, 0.1) is 6.92 Å². The minimum atomic E-state index is -1.01. The number of pyridine rings is 1. The molecule has 0 atom stereocenters. The molecule has 0 aliphatic heterocycles. The first-order valence-corrected chi connectivity index (χ1v) is 6.15. The molecule has 2 aromatic rings. The number of anilines is 2. The highest BCUT2D eigenvalue weighted by Gasteiger charge is 2.11. The maximum Gasteiger partial charge on any atom is 0.354 e. The molecule has 2 rings (SSSR count). The first-order chi connectivity index (χ1) is 9.11. The van der Waals surface area contributed by atoms with Crippen molar-refractivity contribution in [1.82, 2.24) is 4.98 Å². The predicted molar refractivity (Wildman–Crippen MR) is 75.1 cm³/mol. The lowest BCUT2D eigenvalue weighted by Crippen LogP contribution is -2.17. The molecule has 4 nitrogen and oxygen atoms in total. The molecule has 0 aliphatic rings. The topological polar surface area (TPSA) is 53.4 Å². The van der Waals surface area contributed by atoms with E-state index in [1.165, 1.54) is 11.8 Å². The lowest BCUT2D eigenvalue weighted by Gasteiger charge is -2.23. The van der Waals surface area contributed by atoms with E-state index in [9.17, 15) is 4.79 Å². The minimum absolute atomic E-state index is 0.0589. The van der Waals surface area contributed by atoms with E-state index in [-0.39, 0.29) is 5.69 Å². The van der Waals surface area contributed by atoms with Gasteiger partial charge in [0.05, 0.1) is 0 Å². The zero-order chi connectivity index (χ0) is 13.8. The Morgan fingerprint density at radius 1 is 1.26 bits per heavy atom. The zero-order valence-electron chi connectivity index (χ0n) is 11.0. The Labute approximate surface area is 112 Å². The number of aromatic nitrogens is 1. The van der Waals surface area contributed by atoms with Gasteiger partial charge in [-0.25, -0.2) is 9.78 Å². The Balaban J connectivity index is 2.42. The molecular formula is C15H16N2O2. The molecule has 0 fully saturated rings. The summed E-state index contributed by atoms with van der Waals surface area (Å²) in [6.45, 7) is 4.82. The summed E-state index contributed by atoms with van der Waals surface area (Å²) in [5, 5.41) is 9.00. The van der Waals surface area contributed by atoms with Gasteiger partial charge in [0.25, 0.3) is 0 Å². The quantitative estimate of drug-likeness (QED) is 0.912. The standard InChI is InChI=1S/C15H16N2O2/c1-3-17(12-6-4-5-11(2)9-12)13-7-8-16-14(10-13)15(18)19/h4-10H,3H2,1-2H3,(H,18,19). The molecular weight excluding hydrogens is 240 g/mol. The van der Waals surface area contributed by atoms with Crippen LogP contribution in [0.3, 0.4) is 0 Å². The lowest BCUT2D eigenvalue weighted by atomic mass is 10.2. The Morgan fingerprint density at radius 2 is 2.00 bits per heavy atom. The number of carboxylic acids is 1. The molecule has 19 heavy (non-hydrogen) atoms. The van der Waals surface area contributed by atoms with Gasteiger partial charge in [0.1, 0.15) is 5.69 Å². The van der Waals surface area contributed by atoms with Crippen LogP contribution in [-0.4, -0.2) is 22.6 Å². The Kier molecular flexibility index (Phi) is 3.80. The van der Waals surface area contributed by atoms with Crippen molar-refractivity contribution >= 4 is 17.3 Å². The fourth-order valence-corrected chi connectivity index (χ4v) is 2.01. The van der Waals surface area contributed by atoms with E-state index in [4.69, 9.17) is 5.11 Å². The molecule has 0 saturated carbocycles. The average molecular weight is 256 g/mol. The summed E-state index contributed by atoms with van der Waals surface area (Å²) in [5.74, 6) is -1.01. The van der Waals surface area contributed by atoms with E-state index in [1.807, 2.05) is 38.1 Å². The van der Waals surface area contributed by atoms with Gasteiger partial charge in [0, 0.05) is 24.1 Å². The number of carboxylic acid groups (broad SMARTS) is 1. The van der Waals surface area contributed by atoms with E-state index in [0.29, 0.717) is 0 Å². The molecule has 1 aromatic heterocycles. The average Bonchev–Trinajstić information content (AvgIpc) is 2.40. The van der Waals surface area contributed by atoms with Gasteiger partial charge in [-0.1, -0.05) is 12.1 Å². The molecule has 1 heterocycles. The molecule has 98 valence electrons. The molecule has 4 heteroatoms. The summed E-state index contributed by atoms with van der Waals surface area (Å²) in [6, 6.07) is 11.5. The summed E-state index contributed by atoms with van der Waals surface area (Å²) in [4.78, 5) is 16.9. The second-order valence-corrected chi connectivity index (χ2v) is 4.29. The molecule has 0 radical (unpaired) electrons. The predicted octanol–water partition coefficient (Wildman–Crippen LogP) is 3.25. The number of aromatic carboxylic acids is 1. The Morgan fingerprint density at radius 3 is 2.63 bits per heavy atom. The zero-order valence-corrected chi connectivity index (χ0v) is 11.0. The second kappa shape index (κ2) is 5.52. The third-order valence-electron chi connectivity index (χ3n) is 2.90. The van der Waals surface area contributed by atoms with Crippen LogP contribution in [0.1, 0.15) is 23.0 Å². The summed E-state index contributed by atoms with van der Waals surface area (Å²) >= 11 is 0. The van der Waals surface area contributed by atoms with E-state index >= 15 is 0 Å². The highest BCUT2D eigenvalue weighted by molar-refractivity contribution is 5.86. The second-order valence-electron chi connectivity index (χ2n) is 4.29. The number of carbonyl (C=O) groups is 1. The van der Waals surface area contributed by atoms with E-state index < -0.39 is 5.97 Å². The van der Waals surface area contributed by atoms with Gasteiger partial charge in [-0.15, -0.1) is 0 Å². The van der Waals surface area contributed by atoms with Crippen molar-refractivity contribution in [2.24, 2.45) is 0 Å². The minimum Gasteiger partial charge on any atom is -0.477 e. The van der Waals surface area contributed by atoms with Gasteiger partial charge in [0.2, 0.25) is 0 Å². The summed E-state index contributed by atoms with van der Waals surface area (Å²) in [7, 11) is 0. The molecule has 0 aliphatic carbocycles. The van der Waals surface area contributed by atoms with Crippen LogP contribution in [-0.2, 0) is 0 Å². The lowest BCUT2D eigenvalue weighted by molar-refractivity contribution is 0.0690. The van der Waals surface area contributed by atoms with Crippen LogP contribution in [0.4, 0.5) is 11.4 Å². The van der Waals surface area contributed by atoms with Gasteiger partial charge in [0.15, 0.2) is 0 Å². The van der Waals surface area contributed by atoms with Crippen molar-refractivity contribution in [2.45, 2.75) is 13.8 Å². The number of hydrogen-bond donors (Lipinski definition) is 1.